The van der Waals surface area contributed by atoms with Gasteiger partial charge in [0.25, 0.3) is 0 Å². The summed E-state index contributed by atoms with van der Waals surface area (Å²) in [7, 11) is 1.80. The van der Waals surface area contributed by atoms with Gasteiger partial charge in [-0.05, 0) is 49.3 Å². The minimum atomic E-state index is -0.193. The molecular weight excluding hydrogens is 444 g/mol. The third-order valence-electron chi connectivity index (χ3n) is 4.98. The predicted molar refractivity (Wildman–Crippen MR) is 117 cm³/mol. The van der Waals surface area contributed by atoms with Crippen LogP contribution in [0.3, 0.4) is 0 Å². The van der Waals surface area contributed by atoms with Crippen molar-refractivity contribution in [3.8, 4) is 0 Å². The van der Waals surface area contributed by atoms with Crippen molar-refractivity contribution < 1.29 is 9.13 Å². The molecule has 0 atom stereocenters. The van der Waals surface area contributed by atoms with Crippen LogP contribution in [0.5, 0.6) is 0 Å². The van der Waals surface area contributed by atoms with Crippen molar-refractivity contribution in [2.45, 2.75) is 44.9 Å². The molecule has 0 spiro atoms. The van der Waals surface area contributed by atoms with E-state index in [0.29, 0.717) is 0 Å². The van der Waals surface area contributed by atoms with Crippen molar-refractivity contribution in [1.82, 2.24) is 10.6 Å². The van der Waals surface area contributed by atoms with Crippen LogP contribution in [0.15, 0.2) is 29.3 Å². The van der Waals surface area contributed by atoms with Crippen LogP contribution in [0.1, 0.15) is 45.1 Å². The summed E-state index contributed by atoms with van der Waals surface area (Å²) in [5.41, 5.74) is 1.13. The maximum atomic E-state index is 13.3. The third-order valence-corrected chi connectivity index (χ3v) is 4.98. The van der Waals surface area contributed by atoms with E-state index < -0.39 is 0 Å². The Morgan fingerprint density at radius 2 is 1.85 bits per heavy atom. The molecule has 0 aliphatic carbocycles. The molecule has 1 aliphatic rings. The summed E-state index contributed by atoms with van der Waals surface area (Å²) in [6.45, 7) is 7.64. The van der Waals surface area contributed by atoms with Gasteiger partial charge in [0.05, 0.1) is 0 Å². The molecule has 0 bridgehead atoms. The fraction of sp³-hybridized carbons (Fsp3) is 0.650. The van der Waals surface area contributed by atoms with Gasteiger partial charge in [0.15, 0.2) is 5.96 Å². The highest BCUT2D eigenvalue weighted by Crippen LogP contribution is 2.34. The fourth-order valence-electron chi connectivity index (χ4n) is 3.32. The standard InChI is InChI=1S/C20H32FN3O.HI/c1-16(2)5-4-12-23-19(22-3)24-15-20(10-13-25-14-11-20)17-6-8-18(21)9-7-17;/h6-9,16H,4-5,10-15H2,1-3H3,(H2,22,23,24);1H. The molecule has 0 radical (unpaired) electrons. The molecule has 0 saturated carbocycles. The average molecular weight is 477 g/mol. The van der Waals surface area contributed by atoms with Crippen molar-refractivity contribution >= 4 is 29.9 Å². The fourth-order valence-corrected chi connectivity index (χ4v) is 3.32. The van der Waals surface area contributed by atoms with E-state index >= 15 is 0 Å². The summed E-state index contributed by atoms with van der Waals surface area (Å²) < 4.78 is 18.9. The second kappa shape index (κ2) is 11.7. The van der Waals surface area contributed by atoms with Crippen LogP contribution in [-0.4, -0.2) is 39.3 Å². The first-order valence-electron chi connectivity index (χ1n) is 9.34. The Hall–Kier alpha value is -0.890. The van der Waals surface area contributed by atoms with Gasteiger partial charge in [-0.15, -0.1) is 24.0 Å². The first kappa shape index (κ1) is 23.1. The van der Waals surface area contributed by atoms with E-state index in [9.17, 15) is 4.39 Å². The molecule has 0 unspecified atom stereocenters. The molecule has 1 heterocycles. The van der Waals surface area contributed by atoms with Crippen LogP contribution in [0.4, 0.5) is 4.39 Å². The molecule has 0 amide bonds. The number of rotatable bonds is 7. The number of nitrogens with one attached hydrogen (secondary N) is 2. The lowest BCUT2D eigenvalue weighted by molar-refractivity contribution is 0.0513. The number of hydrogen-bond donors (Lipinski definition) is 2. The van der Waals surface area contributed by atoms with Crippen LogP contribution >= 0.6 is 24.0 Å². The van der Waals surface area contributed by atoms with Crippen molar-refractivity contribution in [2.75, 3.05) is 33.4 Å². The smallest absolute Gasteiger partial charge is 0.191 e. The largest absolute Gasteiger partial charge is 0.381 e. The Kier molecular flexibility index (Phi) is 10.5. The molecule has 4 nitrogen and oxygen atoms in total. The molecule has 1 aromatic rings. The van der Waals surface area contributed by atoms with Gasteiger partial charge in [-0.3, -0.25) is 4.99 Å². The normalized spacial score (nSPS) is 16.9. The number of aliphatic imine (C=N–C) groups is 1. The number of nitrogens with zero attached hydrogens (tertiary/aromatic N) is 1. The van der Waals surface area contributed by atoms with Crippen molar-refractivity contribution in [3.05, 3.63) is 35.6 Å². The average Bonchev–Trinajstić information content (AvgIpc) is 2.62. The number of hydrogen-bond acceptors (Lipinski definition) is 2. The van der Waals surface area contributed by atoms with Crippen LogP contribution < -0.4 is 10.6 Å². The van der Waals surface area contributed by atoms with Crippen molar-refractivity contribution in [3.63, 3.8) is 0 Å². The summed E-state index contributed by atoms with van der Waals surface area (Å²) in [5, 5.41) is 6.86. The van der Waals surface area contributed by atoms with Crippen LogP contribution in [-0.2, 0) is 10.2 Å². The highest BCUT2D eigenvalue weighted by atomic mass is 127. The Morgan fingerprint density at radius 1 is 1.19 bits per heavy atom. The quantitative estimate of drug-likeness (QED) is 0.269. The SMILES string of the molecule is CN=C(NCCCC(C)C)NCC1(c2ccc(F)cc2)CCOCC1.I. The molecule has 1 saturated heterocycles. The topological polar surface area (TPSA) is 45.7 Å². The number of halogens is 2. The highest BCUT2D eigenvalue weighted by Gasteiger charge is 2.34. The molecule has 1 aliphatic heterocycles. The summed E-state index contributed by atoms with van der Waals surface area (Å²) in [6.07, 6.45) is 4.20. The molecule has 2 rings (SSSR count). The Balaban J connectivity index is 0.00000338. The molecule has 1 fully saturated rings. The van der Waals surface area contributed by atoms with E-state index in [1.54, 1.807) is 19.2 Å². The first-order chi connectivity index (χ1) is 12.1. The maximum absolute atomic E-state index is 13.3. The Bertz CT molecular complexity index is 542. The molecule has 6 heteroatoms. The highest BCUT2D eigenvalue weighted by molar-refractivity contribution is 14.0. The van der Waals surface area contributed by atoms with Crippen molar-refractivity contribution in [1.29, 1.82) is 0 Å². The Morgan fingerprint density at radius 3 is 2.42 bits per heavy atom. The molecule has 2 N–H and O–H groups in total. The summed E-state index contributed by atoms with van der Waals surface area (Å²) in [5.74, 6) is 1.36. The van der Waals surface area contributed by atoms with Gasteiger partial charge < -0.3 is 15.4 Å². The lowest BCUT2D eigenvalue weighted by Crippen LogP contribution is -2.48. The Labute approximate surface area is 174 Å². The summed E-state index contributed by atoms with van der Waals surface area (Å²) in [6, 6.07) is 6.90. The van der Waals surface area contributed by atoms with Gasteiger partial charge >= 0.3 is 0 Å². The van der Waals surface area contributed by atoms with E-state index in [2.05, 4.69) is 29.5 Å². The van der Waals surface area contributed by atoms with E-state index in [-0.39, 0.29) is 35.2 Å². The summed E-state index contributed by atoms with van der Waals surface area (Å²) >= 11 is 0. The van der Waals surface area contributed by atoms with Crippen LogP contribution in [0.25, 0.3) is 0 Å². The first-order valence-corrected chi connectivity index (χ1v) is 9.34. The molecule has 26 heavy (non-hydrogen) atoms. The van der Waals surface area contributed by atoms with E-state index in [1.165, 1.54) is 12.0 Å². The van der Waals surface area contributed by atoms with E-state index in [0.717, 1.165) is 57.4 Å². The zero-order valence-corrected chi connectivity index (χ0v) is 18.5. The van der Waals surface area contributed by atoms with Crippen LogP contribution in [0, 0.1) is 11.7 Å². The van der Waals surface area contributed by atoms with Gasteiger partial charge in [0, 0.05) is 38.8 Å². The minimum Gasteiger partial charge on any atom is -0.381 e. The zero-order chi connectivity index (χ0) is 18.1. The number of guanidine groups is 1. The van der Waals surface area contributed by atoms with Crippen molar-refractivity contribution in [2.24, 2.45) is 10.9 Å². The van der Waals surface area contributed by atoms with Gasteiger partial charge in [-0.25, -0.2) is 4.39 Å². The van der Waals surface area contributed by atoms with Gasteiger partial charge in [-0.1, -0.05) is 26.0 Å². The molecule has 1 aromatic carbocycles. The zero-order valence-electron chi connectivity index (χ0n) is 16.2. The second-order valence-corrected chi connectivity index (χ2v) is 7.29. The lowest BCUT2D eigenvalue weighted by Gasteiger charge is -2.38. The summed E-state index contributed by atoms with van der Waals surface area (Å²) in [4.78, 5) is 4.33. The monoisotopic (exact) mass is 477 g/mol. The van der Waals surface area contributed by atoms with Crippen LogP contribution in [0.2, 0.25) is 0 Å². The second-order valence-electron chi connectivity index (χ2n) is 7.29. The predicted octanol–water partition coefficient (Wildman–Crippen LogP) is 4.09. The molecular formula is C20H33FIN3O. The lowest BCUT2D eigenvalue weighted by atomic mass is 9.74. The van der Waals surface area contributed by atoms with Gasteiger partial charge in [-0.2, -0.15) is 0 Å². The third kappa shape index (κ3) is 7.02. The van der Waals surface area contributed by atoms with E-state index in [4.69, 9.17) is 4.74 Å². The maximum Gasteiger partial charge on any atom is 0.191 e. The molecule has 148 valence electrons. The number of ether oxygens (including phenoxy) is 1. The van der Waals surface area contributed by atoms with Gasteiger partial charge in [0.2, 0.25) is 0 Å². The molecule has 0 aromatic heterocycles. The van der Waals surface area contributed by atoms with E-state index in [1.807, 2.05) is 12.1 Å². The minimum absolute atomic E-state index is 0. The van der Waals surface area contributed by atoms with Gasteiger partial charge in [0.1, 0.15) is 5.82 Å². The number of benzene rings is 1.